The van der Waals surface area contributed by atoms with Gasteiger partial charge in [0.05, 0.1) is 16.7 Å². The van der Waals surface area contributed by atoms with Crippen molar-refractivity contribution in [1.29, 1.82) is 0 Å². The molecule has 2 aromatic carbocycles. The van der Waals surface area contributed by atoms with Crippen LogP contribution in [0.2, 0.25) is 0 Å². The average Bonchev–Trinajstić information content (AvgIpc) is 2.80. The first kappa shape index (κ1) is 14.0. The first-order valence-corrected chi connectivity index (χ1v) is 6.86. The van der Waals surface area contributed by atoms with Gasteiger partial charge >= 0.3 is 5.97 Å². The first-order chi connectivity index (χ1) is 10.6. The molecule has 0 atom stereocenters. The van der Waals surface area contributed by atoms with Gasteiger partial charge in [-0.05, 0) is 42.2 Å². The van der Waals surface area contributed by atoms with Gasteiger partial charge < -0.3 is 5.11 Å². The highest BCUT2D eigenvalue weighted by Crippen LogP contribution is 2.19. The Morgan fingerprint density at radius 2 is 1.68 bits per heavy atom. The van der Waals surface area contributed by atoms with Crippen molar-refractivity contribution < 1.29 is 19.5 Å². The van der Waals surface area contributed by atoms with E-state index in [9.17, 15) is 14.4 Å². The fourth-order valence-electron chi connectivity index (χ4n) is 2.60. The highest BCUT2D eigenvalue weighted by Gasteiger charge is 2.26. The first-order valence-electron chi connectivity index (χ1n) is 6.86. The number of carbonyl (C=O) groups is 3. The molecule has 1 aliphatic rings. The summed E-state index contributed by atoms with van der Waals surface area (Å²) in [5, 5.41) is 11.4. The van der Waals surface area contributed by atoms with Crippen LogP contribution in [0.25, 0.3) is 0 Å². The van der Waals surface area contributed by atoms with Crippen LogP contribution in [0.4, 0.5) is 0 Å². The molecule has 5 nitrogen and oxygen atoms in total. The van der Waals surface area contributed by atoms with Crippen LogP contribution in [-0.4, -0.2) is 22.9 Å². The maximum atomic E-state index is 11.6. The van der Waals surface area contributed by atoms with Crippen molar-refractivity contribution in [2.45, 2.75) is 12.8 Å². The van der Waals surface area contributed by atoms with Gasteiger partial charge in [-0.2, -0.15) is 0 Å². The molecule has 2 N–H and O–H groups in total. The van der Waals surface area contributed by atoms with Gasteiger partial charge in [0.2, 0.25) is 0 Å². The van der Waals surface area contributed by atoms with Gasteiger partial charge in [0.1, 0.15) is 0 Å². The number of hydrogen-bond acceptors (Lipinski definition) is 3. The number of amides is 2. The number of hydrogen-bond donors (Lipinski definition) is 2. The van der Waals surface area contributed by atoms with Crippen molar-refractivity contribution in [2.75, 3.05) is 0 Å². The molecule has 1 heterocycles. The fraction of sp³-hybridized carbons (Fsp3) is 0.118. The summed E-state index contributed by atoms with van der Waals surface area (Å²) < 4.78 is 0. The molecule has 0 saturated heterocycles. The summed E-state index contributed by atoms with van der Waals surface area (Å²) in [4.78, 5) is 34.3. The normalized spacial score (nSPS) is 12.9. The standard InChI is InChI=1S/C17H13NO4/c19-15-13-8-6-10(9-14(13)16(20)18-15)5-7-11-3-1-2-4-12(11)17(21)22/h1-4,6,8-9H,5,7H2,(H,21,22)(H,18,19,20). The van der Waals surface area contributed by atoms with Crippen molar-refractivity contribution >= 4 is 17.8 Å². The smallest absolute Gasteiger partial charge is 0.335 e. The molecule has 0 aliphatic carbocycles. The van der Waals surface area contributed by atoms with E-state index in [1.54, 1.807) is 42.5 Å². The number of benzene rings is 2. The van der Waals surface area contributed by atoms with Gasteiger partial charge in [0.25, 0.3) is 11.8 Å². The Morgan fingerprint density at radius 3 is 2.45 bits per heavy atom. The third kappa shape index (κ3) is 2.48. The molecule has 0 bridgehead atoms. The van der Waals surface area contributed by atoms with Crippen LogP contribution in [0, 0.1) is 0 Å². The summed E-state index contributed by atoms with van der Waals surface area (Å²) in [5.41, 5.74) is 2.70. The summed E-state index contributed by atoms with van der Waals surface area (Å²) in [6, 6.07) is 12.0. The predicted octanol–water partition coefficient (Wildman–Crippen LogP) is 2.05. The van der Waals surface area contributed by atoms with E-state index in [2.05, 4.69) is 5.32 Å². The van der Waals surface area contributed by atoms with Crippen molar-refractivity contribution in [3.63, 3.8) is 0 Å². The molecule has 2 aromatic rings. The number of aromatic carboxylic acids is 1. The molecular formula is C17H13NO4. The van der Waals surface area contributed by atoms with E-state index < -0.39 is 5.97 Å². The fourth-order valence-corrected chi connectivity index (χ4v) is 2.60. The van der Waals surface area contributed by atoms with Crippen LogP contribution >= 0.6 is 0 Å². The molecule has 0 fully saturated rings. The molecule has 5 heteroatoms. The van der Waals surface area contributed by atoms with Crippen molar-refractivity contribution in [3.05, 3.63) is 70.3 Å². The monoisotopic (exact) mass is 295 g/mol. The van der Waals surface area contributed by atoms with E-state index in [-0.39, 0.29) is 17.4 Å². The lowest BCUT2D eigenvalue weighted by molar-refractivity contribution is 0.0694. The summed E-state index contributed by atoms with van der Waals surface area (Å²) in [7, 11) is 0. The molecule has 0 radical (unpaired) electrons. The lowest BCUT2D eigenvalue weighted by atomic mass is 9.97. The number of nitrogens with one attached hydrogen (secondary N) is 1. The van der Waals surface area contributed by atoms with E-state index in [0.717, 1.165) is 11.1 Å². The van der Waals surface area contributed by atoms with Gasteiger partial charge in [-0.25, -0.2) is 4.79 Å². The molecule has 0 spiro atoms. The molecular weight excluding hydrogens is 282 g/mol. The number of carbonyl (C=O) groups excluding carboxylic acids is 2. The van der Waals surface area contributed by atoms with Crippen molar-refractivity contribution in [3.8, 4) is 0 Å². The number of imide groups is 1. The van der Waals surface area contributed by atoms with Crippen molar-refractivity contribution in [2.24, 2.45) is 0 Å². The van der Waals surface area contributed by atoms with Crippen LogP contribution < -0.4 is 5.32 Å². The molecule has 0 saturated carbocycles. The maximum absolute atomic E-state index is 11.6. The van der Waals surface area contributed by atoms with Crippen LogP contribution in [0.1, 0.15) is 42.2 Å². The second-order valence-corrected chi connectivity index (χ2v) is 5.13. The van der Waals surface area contributed by atoms with E-state index >= 15 is 0 Å². The molecule has 2 amide bonds. The van der Waals surface area contributed by atoms with Crippen molar-refractivity contribution in [1.82, 2.24) is 5.32 Å². The Balaban J connectivity index is 1.81. The third-order valence-corrected chi connectivity index (χ3v) is 3.73. The minimum Gasteiger partial charge on any atom is -0.478 e. The maximum Gasteiger partial charge on any atom is 0.335 e. The minimum atomic E-state index is -0.950. The summed E-state index contributed by atoms with van der Waals surface area (Å²) in [6.07, 6.45) is 1.15. The molecule has 22 heavy (non-hydrogen) atoms. The Morgan fingerprint density at radius 1 is 0.955 bits per heavy atom. The summed E-state index contributed by atoms with van der Waals surface area (Å²) >= 11 is 0. The Kier molecular flexibility index (Phi) is 3.47. The second-order valence-electron chi connectivity index (χ2n) is 5.13. The van der Waals surface area contributed by atoms with Gasteiger partial charge in [-0.3, -0.25) is 14.9 Å². The Hall–Kier alpha value is -2.95. The highest BCUT2D eigenvalue weighted by molar-refractivity contribution is 6.21. The zero-order valence-electron chi connectivity index (χ0n) is 11.6. The van der Waals surface area contributed by atoms with E-state index in [1.165, 1.54) is 0 Å². The SMILES string of the molecule is O=C(O)c1ccccc1CCc1ccc2c(c1)C(=O)NC2=O. The van der Waals surface area contributed by atoms with Crippen LogP contribution in [0.15, 0.2) is 42.5 Å². The topological polar surface area (TPSA) is 83.5 Å². The van der Waals surface area contributed by atoms with E-state index in [4.69, 9.17) is 5.11 Å². The minimum absolute atomic E-state index is 0.289. The van der Waals surface area contributed by atoms with Gasteiger partial charge in [-0.1, -0.05) is 24.3 Å². The average molecular weight is 295 g/mol. The number of carboxylic acids is 1. The van der Waals surface area contributed by atoms with Gasteiger partial charge in [-0.15, -0.1) is 0 Å². The number of rotatable bonds is 4. The zero-order valence-corrected chi connectivity index (χ0v) is 11.6. The highest BCUT2D eigenvalue weighted by atomic mass is 16.4. The number of carboxylic acid groups (broad SMARTS) is 1. The summed E-state index contributed by atoms with van der Waals surface area (Å²) in [6.45, 7) is 0. The molecule has 110 valence electrons. The zero-order chi connectivity index (χ0) is 15.7. The summed E-state index contributed by atoms with van der Waals surface area (Å²) in [5.74, 6) is -1.70. The quantitative estimate of drug-likeness (QED) is 0.846. The molecule has 3 rings (SSSR count). The Labute approximate surface area is 126 Å². The van der Waals surface area contributed by atoms with E-state index in [0.29, 0.717) is 24.0 Å². The van der Waals surface area contributed by atoms with Crippen LogP contribution in [0.3, 0.4) is 0 Å². The van der Waals surface area contributed by atoms with Crippen LogP contribution in [0.5, 0.6) is 0 Å². The molecule has 0 aromatic heterocycles. The van der Waals surface area contributed by atoms with Gasteiger partial charge in [0.15, 0.2) is 0 Å². The predicted molar refractivity (Wildman–Crippen MR) is 79.0 cm³/mol. The largest absolute Gasteiger partial charge is 0.478 e. The van der Waals surface area contributed by atoms with Crippen LogP contribution in [-0.2, 0) is 12.8 Å². The van der Waals surface area contributed by atoms with Gasteiger partial charge in [0, 0.05) is 0 Å². The lowest BCUT2D eigenvalue weighted by Gasteiger charge is -2.06. The number of fused-ring (bicyclic) bond motifs is 1. The molecule has 1 aliphatic heterocycles. The number of aryl methyl sites for hydroxylation is 2. The Bertz CT molecular complexity index is 795. The van der Waals surface area contributed by atoms with E-state index in [1.807, 2.05) is 0 Å². The third-order valence-electron chi connectivity index (χ3n) is 3.73. The molecule has 0 unspecified atom stereocenters. The lowest BCUT2D eigenvalue weighted by Crippen LogP contribution is -2.19. The second kappa shape index (κ2) is 5.44.